The fourth-order valence-corrected chi connectivity index (χ4v) is 4.29. The summed E-state index contributed by atoms with van der Waals surface area (Å²) in [7, 11) is 1.30. The molecule has 0 aliphatic carbocycles. The van der Waals surface area contributed by atoms with E-state index in [1.54, 1.807) is 19.1 Å². The Bertz CT molecular complexity index is 795. The normalized spacial score (nSPS) is 30.2. The molecular formula is C20H22N2O4. The maximum absolute atomic E-state index is 12.9. The zero-order chi connectivity index (χ0) is 19.1. The Balaban J connectivity index is 2.12. The van der Waals surface area contributed by atoms with Gasteiger partial charge in [-0.1, -0.05) is 25.0 Å². The van der Waals surface area contributed by atoms with Gasteiger partial charge in [-0.3, -0.25) is 24.6 Å². The fourth-order valence-electron chi connectivity index (χ4n) is 4.29. The van der Waals surface area contributed by atoms with Crippen molar-refractivity contribution in [2.24, 2.45) is 11.8 Å². The van der Waals surface area contributed by atoms with Crippen molar-refractivity contribution in [3.8, 4) is 12.3 Å². The van der Waals surface area contributed by atoms with Crippen molar-refractivity contribution in [1.29, 1.82) is 0 Å². The number of methoxy groups -OCH3 is 1. The van der Waals surface area contributed by atoms with Crippen LogP contribution >= 0.6 is 0 Å². The quantitative estimate of drug-likeness (QED) is 0.500. The van der Waals surface area contributed by atoms with Crippen LogP contribution in [0.15, 0.2) is 24.3 Å². The maximum atomic E-state index is 12.9. The number of nitrogens with zero attached hydrogens (tertiary/aromatic N) is 1. The molecule has 0 saturated carbocycles. The lowest BCUT2D eigenvalue weighted by atomic mass is 9.78. The Labute approximate surface area is 152 Å². The van der Waals surface area contributed by atoms with Crippen LogP contribution in [0.2, 0.25) is 0 Å². The fraction of sp³-hybridized carbons (Fsp3) is 0.450. The molecule has 6 heteroatoms. The lowest BCUT2D eigenvalue weighted by molar-refractivity contribution is -0.154. The Morgan fingerprint density at radius 2 is 1.92 bits per heavy atom. The van der Waals surface area contributed by atoms with Crippen molar-refractivity contribution in [2.45, 2.75) is 31.8 Å². The Kier molecular flexibility index (Phi) is 4.59. The van der Waals surface area contributed by atoms with Gasteiger partial charge in [0, 0.05) is 18.2 Å². The molecule has 0 radical (unpaired) electrons. The molecule has 2 aliphatic heterocycles. The van der Waals surface area contributed by atoms with E-state index in [0.717, 1.165) is 11.1 Å². The van der Waals surface area contributed by atoms with Crippen LogP contribution < -0.4 is 5.32 Å². The van der Waals surface area contributed by atoms with Gasteiger partial charge < -0.3 is 4.74 Å². The summed E-state index contributed by atoms with van der Waals surface area (Å²) in [6.07, 6.45) is 5.75. The van der Waals surface area contributed by atoms with E-state index in [2.05, 4.69) is 11.2 Å². The Morgan fingerprint density at radius 3 is 2.42 bits per heavy atom. The van der Waals surface area contributed by atoms with Gasteiger partial charge in [0.05, 0.1) is 18.9 Å². The van der Waals surface area contributed by atoms with Crippen LogP contribution in [0.1, 0.15) is 37.4 Å². The first kappa shape index (κ1) is 18.2. The minimum atomic E-state index is -1.22. The number of likely N-dealkylation sites (tertiary alicyclic amines) is 1. The summed E-state index contributed by atoms with van der Waals surface area (Å²) in [4.78, 5) is 39.7. The topological polar surface area (TPSA) is 75.7 Å². The highest BCUT2D eigenvalue weighted by Gasteiger charge is 2.67. The molecule has 6 nitrogen and oxygen atoms in total. The molecule has 3 rings (SSSR count). The van der Waals surface area contributed by atoms with Gasteiger partial charge in [0.2, 0.25) is 11.8 Å². The van der Waals surface area contributed by atoms with E-state index in [1.807, 2.05) is 19.1 Å². The predicted molar refractivity (Wildman–Crippen MR) is 94.7 cm³/mol. The molecule has 2 aliphatic rings. The number of carbonyl (C=O) groups is 3. The largest absolute Gasteiger partial charge is 0.468 e. The van der Waals surface area contributed by atoms with E-state index in [9.17, 15) is 14.4 Å². The molecule has 2 fully saturated rings. The van der Waals surface area contributed by atoms with E-state index in [1.165, 1.54) is 12.0 Å². The number of ether oxygens (including phenoxy) is 1. The number of imide groups is 1. The highest BCUT2D eigenvalue weighted by molar-refractivity contribution is 6.09. The van der Waals surface area contributed by atoms with E-state index in [4.69, 9.17) is 11.2 Å². The molecular weight excluding hydrogens is 332 g/mol. The number of hydrogen-bond donors (Lipinski definition) is 1. The van der Waals surface area contributed by atoms with Crippen molar-refractivity contribution in [2.75, 3.05) is 13.7 Å². The van der Waals surface area contributed by atoms with Crippen LogP contribution in [0.25, 0.3) is 0 Å². The molecule has 1 N–H and O–H groups in total. The number of nitrogens with one attached hydrogen (secondary N) is 1. The molecule has 26 heavy (non-hydrogen) atoms. The SMILES string of the molecule is C#Cc1ccc([C@H]2N[C@@](CC)(C(=O)OC)[C@H]3C(=O)N(CC)C(=O)[C@@H]23)cc1. The highest BCUT2D eigenvalue weighted by atomic mass is 16.5. The van der Waals surface area contributed by atoms with Crippen LogP contribution in [0.3, 0.4) is 0 Å². The van der Waals surface area contributed by atoms with Crippen LogP contribution in [0, 0.1) is 24.2 Å². The molecule has 2 saturated heterocycles. The van der Waals surface area contributed by atoms with E-state index in [-0.39, 0.29) is 18.4 Å². The van der Waals surface area contributed by atoms with Crippen molar-refractivity contribution in [3.63, 3.8) is 0 Å². The molecule has 0 unspecified atom stereocenters. The molecule has 136 valence electrons. The van der Waals surface area contributed by atoms with Gasteiger partial charge in [-0.05, 0) is 31.0 Å². The summed E-state index contributed by atoms with van der Waals surface area (Å²) in [5, 5.41) is 3.27. The molecule has 0 bridgehead atoms. The third-order valence-corrected chi connectivity index (χ3v) is 5.61. The van der Waals surface area contributed by atoms with Gasteiger partial charge in [-0.15, -0.1) is 6.42 Å². The average molecular weight is 354 g/mol. The summed E-state index contributed by atoms with van der Waals surface area (Å²) in [5.41, 5.74) is 0.324. The third kappa shape index (κ3) is 2.35. The van der Waals surface area contributed by atoms with Crippen LogP contribution in [0.4, 0.5) is 0 Å². The first-order chi connectivity index (χ1) is 12.4. The standard InChI is InChI=1S/C20H22N2O4/c1-5-12-8-10-13(11-9-12)16-14-15(18(24)22(7-3)17(14)23)20(6-2,21-16)19(25)26-4/h1,8-11,14-16,21H,6-7H2,2-4H3/t14-,15-,16-,20-/m1/s1. The summed E-state index contributed by atoms with van der Waals surface area (Å²) >= 11 is 0. The first-order valence-electron chi connectivity index (χ1n) is 8.73. The lowest BCUT2D eigenvalue weighted by Crippen LogP contribution is -2.55. The lowest BCUT2D eigenvalue weighted by Gasteiger charge is -2.31. The van der Waals surface area contributed by atoms with Crippen LogP contribution in [-0.4, -0.2) is 41.9 Å². The minimum absolute atomic E-state index is 0.250. The maximum Gasteiger partial charge on any atom is 0.326 e. The number of fused-ring (bicyclic) bond motifs is 1. The summed E-state index contributed by atoms with van der Waals surface area (Å²) in [6, 6.07) is 6.78. The van der Waals surface area contributed by atoms with Gasteiger partial charge in [-0.25, -0.2) is 0 Å². The second-order valence-electron chi connectivity index (χ2n) is 6.63. The van der Waals surface area contributed by atoms with Crippen LogP contribution in [-0.2, 0) is 19.1 Å². The molecule has 2 amide bonds. The zero-order valence-corrected chi connectivity index (χ0v) is 15.1. The Hall–Kier alpha value is -2.65. The second-order valence-corrected chi connectivity index (χ2v) is 6.63. The van der Waals surface area contributed by atoms with E-state index in [0.29, 0.717) is 6.42 Å². The van der Waals surface area contributed by atoms with Crippen molar-refractivity contribution >= 4 is 17.8 Å². The molecule has 1 aromatic carbocycles. The van der Waals surface area contributed by atoms with Gasteiger partial charge in [0.25, 0.3) is 0 Å². The van der Waals surface area contributed by atoms with Crippen molar-refractivity contribution in [3.05, 3.63) is 35.4 Å². The summed E-state index contributed by atoms with van der Waals surface area (Å²) in [6.45, 7) is 3.86. The number of amides is 2. The monoisotopic (exact) mass is 354 g/mol. The number of carbonyl (C=O) groups excluding carboxylic acids is 3. The number of hydrogen-bond acceptors (Lipinski definition) is 5. The summed E-state index contributed by atoms with van der Waals surface area (Å²) in [5.74, 6) is 0.0587. The van der Waals surface area contributed by atoms with Gasteiger partial charge >= 0.3 is 5.97 Å². The summed E-state index contributed by atoms with van der Waals surface area (Å²) < 4.78 is 5.00. The highest BCUT2D eigenvalue weighted by Crippen LogP contribution is 2.50. The number of esters is 1. The minimum Gasteiger partial charge on any atom is -0.468 e. The molecule has 0 aromatic heterocycles. The molecule has 1 aromatic rings. The first-order valence-corrected chi connectivity index (χ1v) is 8.73. The van der Waals surface area contributed by atoms with Crippen LogP contribution in [0.5, 0.6) is 0 Å². The van der Waals surface area contributed by atoms with E-state index >= 15 is 0 Å². The number of benzene rings is 1. The van der Waals surface area contributed by atoms with Crippen molar-refractivity contribution in [1.82, 2.24) is 10.2 Å². The van der Waals surface area contributed by atoms with Crippen molar-refractivity contribution < 1.29 is 19.1 Å². The second kappa shape index (κ2) is 6.58. The number of rotatable bonds is 4. The molecule has 2 heterocycles. The van der Waals surface area contributed by atoms with Gasteiger partial charge in [0.15, 0.2) is 0 Å². The predicted octanol–water partition coefficient (Wildman–Crippen LogP) is 1.26. The van der Waals surface area contributed by atoms with Gasteiger partial charge in [0.1, 0.15) is 5.54 Å². The molecule has 4 atom stereocenters. The number of terminal acetylenes is 1. The third-order valence-electron chi connectivity index (χ3n) is 5.61. The average Bonchev–Trinajstić information content (AvgIpc) is 3.15. The smallest absolute Gasteiger partial charge is 0.326 e. The zero-order valence-electron chi connectivity index (χ0n) is 15.1. The van der Waals surface area contributed by atoms with Gasteiger partial charge in [-0.2, -0.15) is 0 Å². The van der Waals surface area contributed by atoms with E-state index < -0.39 is 29.4 Å². The molecule has 0 spiro atoms. The Morgan fingerprint density at radius 1 is 1.27 bits per heavy atom.